The van der Waals surface area contributed by atoms with Gasteiger partial charge in [-0.1, -0.05) is 11.6 Å². The number of amides is 1. The molecule has 3 rings (SSSR count). The van der Waals surface area contributed by atoms with E-state index >= 15 is 0 Å². The van der Waals surface area contributed by atoms with Crippen molar-refractivity contribution in [2.45, 2.75) is 32.7 Å². The largest absolute Gasteiger partial charge is 0.344 e. The van der Waals surface area contributed by atoms with Crippen LogP contribution in [0, 0.1) is 19.7 Å². The maximum atomic E-state index is 13.8. The van der Waals surface area contributed by atoms with Gasteiger partial charge in [0, 0.05) is 5.02 Å². The van der Waals surface area contributed by atoms with Crippen LogP contribution in [-0.4, -0.2) is 10.9 Å². The number of fused-ring (bicyclic) bond motifs is 1. The molecule has 6 heteroatoms. The molecule has 0 saturated heterocycles. The van der Waals surface area contributed by atoms with Gasteiger partial charge in [-0.2, -0.15) is 0 Å². The predicted octanol–water partition coefficient (Wildman–Crippen LogP) is 3.97. The molecule has 0 unspecified atom stereocenters. The third kappa shape index (κ3) is 2.68. The molecule has 110 valence electrons. The minimum atomic E-state index is -0.293. The summed E-state index contributed by atoms with van der Waals surface area (Å²) in [5.41, 5.74) is 2.17. The molecule has 1 aliphatic rings. The number of nitrogens with zero attached hydrogens (tertiary/aromatic N) is 1. The van der Waals surface area contributed by atoms with E-state index in [-0.39, 0.29) is 17.8 Å². The molecule has 1 aromatic heterocycles. The summed E-state index contributed by atoms with van der Waals surface area (Å²) in [7, 11) is 0. The third-order valence-corrected chi connectivity index (χ3v) is 4.96. The Balaban J connectivity index is 1.85. The summed E-state index contributed by atoms with van der Waals surface area (Å²) in [4.78, 5) is 17.2. The number of halogens is 2. The number of carbonyl (C=O) groups excluding carboxylic acids is 1. The van der Waals surface area contributed by atoms with Crippen molar-refractivity contribution in [1.29, 1.82) is 0 Å². The molecular weight excluding hydrogens is 311 g/mol. The molecular formula is C15H14ClFN2OS. The average Bonchev–Trinajstić information content (AvgIpc) is 2.93. The number of carbonyl (C=O) groups is 1. The van der Waals surface area contributed by atoms with Gasteiger partial charge in [-0.05, 0) is 49.9 Å². The first-order valence-electron chi connectivity index (χ1n) is 6.68. The van der Waals surface area contributed by atoms with Crippen LogP contribution in [0.4, 0.5) is 4.39 Å². The smallest absolute Gasteiger partial charge is 0.263 e. The van der Waals surface area contributed by atoms with Crippen molar-refractivity contribution >= 4 is 28.8 Å². The molecule has 2 aromatic rings. The van der Waals surface area contributed by atoms with Crippen LogP contribution in [0.3, 0.4) is 0 Å². The SMILES string of the molecule is Cc1nc(C)c(C(=O)N[C@@H]2CCc3c(F)cc(Cl)cc32)s1. The quantitative estimate of drug-likeness (QED) is 0.908. The van der Waals surface area contributed by atoms with Gasteiger partial charge in [0.25, 0.3) is 5.91 Å². The van der Waals surface area contributed by atoms with E-state index in [1.54, 1.807) is 6.07 Å². The van der Waals surface area contributed by atoms with Crippen molar-refractivity contribution in [1.82, 2.24) is 10.3 Å². The van der Waals surface area contributed by atoms with Gasteiger partial charge in [0.2, 0.25) is 0 Å². The standard InChI is InChI=1S/C15H14ClFN2OS/c1-7-14(21-8(2)18-7)15(20)19-13-4-3-10-11(13)5-9(16)6-12(10)17/h5-6,13H,3-4H2,1-2H3,(H,19,20)/t13-/m1/s1. The molecule has 0 saturated carbocycles. The molecule has 0 aliphatic heterocycles. The molecule has 1 heterocycles. The average molecular weight is 325 g/mol. The van der Waals surface area contributed by atoms with E-state index in [0.717, 1.165) is 16.3 Å². The lowest BCUT2D eigenvalue weighted by atomic mass is 10.1. The second-order valence-corrected chi connectivity index (χ2v) is 6.81. The number of thiazole rings is 1. The van der Waals surface area contributed by atoms with E-state index in [2.05, 4.69) is 10.3 Å². The van der Waals surface area contributed by atoms with Crippen LogP contribution in [0.25, 0.3) is 0 Å². The maximum absolute atomic E-state index is 13.8. The molecule has 1 aromatic carbocycles. The highest BCUT2D eigenvalue weighted by atomic mass is 35.5. The zero-order valence-corrected chi connectivity index (χ0v) is 13.2. The number of nitrogens with one attached hydrogen (secondary N) is 1. The minimum absolute atomic E-state index is 0.156. The second-order valence-electron chi connectivity index (χ2n) is 5.17. The molecule has 3 nitrogen and oxygen atoms in total. The number of aryl methyl sites for hydroxylation is 2. The van der Waals surface area contributed by atoms with Crippen LogP contribution in [0.1, 0.15) is 44.0 Å². The summed E-state index contributed by atoms with van der Waals surface area (Å²) in [6.07, 6.45) is 1.30. The fourth-order valence-corrected chi connectivity index (χ4v) is 3.79. The Morgan fingerprint density at radius 3 is 2.90 bits per heavy atom. The highest BCUT2D eigenvalue weighted by Gasteiger charge is 2.28. The van der Waals surface area contributed by atoms with E-state index in [1.807, 2.05) is 13.8 Å². The Kier molecular flexibility index (Phi) is 3.71. The van der Waals surface area contributed by atoms with Crippen LogP contribution in [0.2, 0.25) is 5.02 Å². The highest BCUT2D eigenvalue weighted by molar-refractivity contribution is 7.13. The first-order valence-corrected chi connectivity index (χ1v) is 7.88. The van der Waals surface area contributed by atoms with E-state index in [1.165, 1.54) is 17.4 Å². The molecule has 1 N–H and O–H groups in total. The second kappa shape index (κ2) is 5.39. The van der Waals surface area contributed by atoms with Crippen LogP contribution >= 0.6 is 22.9 Å². The number of hydrogen-bond acceptors (Lipinski definition) is 3. The van der Waals surface area contributed by atoms with Gasteiger partial charge in [0.15, 0.2) is 0 Å². The fraction of sp³-hybridized carbons (Fsp3) is 0.333. The van der Waals surface area contributed by atoms with Crippen LogP contribution in [0.5, 0.6) is 0 Å². The van der Waals surface area contributed by atoms with Gasteiger partial charge in [-0.25, -0.2) is 9.37 Å². The number of rotatable bonds is 2. The van der Waals surface area contributed by atoms with Gasteiger partial charge in [-0.3, -0.25) is 4.79 Å². The van der Waals surface area contributed by atoms with Crippen LogP contribution < -0.4 is 5.32 Å². The van der Waals surface area contributed by atoms with Crippen molar-refractivity contribution in [3.63, 3.8) is 0 Å². The normalized spacial score (nSPS) is 16.9. The molecule has 1 atom stereocenters. The molecule has 0 fully saturated rings. The summed E-state index contributed by atoms with van der Waals surface area (Å²) in [6, 6.07) is 2.87. The molecule has 0 radical (unpaired) electrons. The summed E-state index contributed by atoms with van der Waals surface area (Å²) in [5.74, 6) is -0.449. The number of benzene rings is 1. The van der Waals surface area contributed by atoms with Gasteiger partial charge >= 0.3 is 0 Å². The van der Waals surface area contributed by atoms with Crippen LogP contribution in [0.15, 0.2) is 12.1 Å². The van der Waals surface area contributed by atoms with Crippen molar-refractivity contribution in [3.8, 4) is 0 Å². The number of hydrogen-bond donors (Lipinski definition) is 1. The third-order valence-electron chi connectivity index (χ3n) is 3.67. The first-order chi connectivity index (χ1) is 9.95. The maximum Gasteiger partial charge on any atom is 0.263 e. The van der Waals surface area contributed by atoms with E-state index in [9.17, 15) is 9.18 Å². The molecule has 1 amide bonds. The van der Waals surface area contributed by atoms with Gasteiger partial charge < -0.3 is 5.32 Å². The fourth-order valence-electron chi connectivity index (χ4n) is 2.76. The lowest BCUT2D eigenvalue weighted by Gasteiger charge is -2.14. The van der Waals surface area contributed by atoms with Gasteiger partial charge in [0.05, 0.1) is 16.7 Å². The predicted molar refractivity (Wildman–Crippen MR) is 81.5 cm³/mol. The summed E-state index contributed by atoms with van der Waals surface area (Å²) in [6.45, 7) is 3.69. The van der Waals surface area contributed by atoms with Gasteiger partial charge in [0.1, 0.15) is 10.7 Å². The topological polar surface area (TPSA) is 42.0 Å². The minimum Gasteiger partial charge on any atom is -0.344 e. The Labute approximate surface area is 131 Å². The van der Waals surface area contributed by atoms with Crippen molar-refractivity contribution in [2.75, 3.05) is 0 Å². The molecule has 0 spiro atoms. The van der Waals surface area contributed by atoms with Gasteiger partial charge in [-0.15, -0.1) is 11.3 Å². The Morgan fingerprint density at radius 2 is 2.24 bits per heavy atom. The Bertz CT molecular complexity index is 729. The summed E-state index contributed by atoms with van der Waals surface area (Å²) >= 11 is 7.29. The van der Waals surface area contributed by atoms with E-state index < -0.39 is 0 Å². The van der Waals surface area contributed by atoms with Crippen LogP contribution in [-0.2, 0) is 6.42 Å². The van der Waals surface area contributed by atoms with E-state index in [4.69, 9.17) is 11.6 Å². The highest BCUT2D eigenvalue weighted by Crippen LogP contribution is 2.35. The molecule has 0 bridgehead atoms. The summed E-state index contributed by atoms with van der Waals surface area (Å²) < 4.78 is 13.8. The van der Waals surface area contributed by atoms with Crippen molar-refractivity contribution < 1.29 is 9.18 Å². The van der Waals surface area contributed by atoms with E-state index in [0.29, 0.717) is 28.3 Å². The monoisotopic (exact) mass is 324 g/mol. The number of aromatic nitrogens is 1. The molecule has 21 heavy (non-hydrogen) atoms. The lowest BCUT2D eigenvalue weighted by Crippen LogP contribution is -2.27. The zero-order valence-electron chi connectivity index (χ0n) is 11.7. The molecule has 1 aliphatic carbocycles. The van der Waals surface area contributed by atoms with Crippen molar-refractivity contribution in [2.24, 2.45) is 0 Å². The summed E-state index contributed by atoms with van der Waals surface area (Å²) in [5, 5.41) is 4.18. The first kappa shape index (κ1) is 14.5. The Hall–Kier alpha value is -1.46. The van der Waals surface area contributed by atoms with Crippen molar-refractivity contribution in [3.05, 3.63) is 49.7 Å². The Morgan fingerprint density at radius 1 is 1.48 bits per heavy atom. The lowest BCUT2D eigenvalue weighted by molar-refractivity contribution is 0.0940. The zero-order chi connectivity index (χ0) is 15.1.